The first-order valence-electron chi connectivity index (χ1n) is 12.4. The maximum Gasteiger partial charge on any atom is 0.244 e. The average Bonchev–Trinajstić information content (AvgIpc) is 3.48. The Morgan fingerprint density at radius 3 is 1.79 bits per heavy atom. The lowest BCUT2D eigenvalue weighted by Crippen LogP contribution is -2.50. The van der Waals surface area contributed by atoms with Crippen molar-refractivity contribution in [1.29, 1.82) is 0 Å². The fourth-order valence-electron chi connectivity index (χ4n) is 4.11. The Morgan fingerprint density at radius 2 is 1.36 bits per heavy atom. The van der Waals surface area contributed by atoms with Crippen molar-refractivity contribution >= 4 is 47.7 Å². The monoisotopic (exact) mass is 580 g/mol. The minimum atomic E-state index is -0.884. The van der Waals surface area contributed by atoms with E-state index in [4.69, 9.17) is 5.73 Å². The van der Waals surface area contributed by atoms with Crippen LogP contribution in [0, 0.1) is 0 Å². The summed E-state index contributed by atoms with van der Waals surface area (Å²) in [6.07, 6.45) is 3.41. The minimum Gasteiger partial charge on any atom is -0.348 e. The third kappa shape index (κ3) is 7.33. The molecule has 1 atom stereocenters. The normalized spacial score (nSPS) is 12.3. The second kappa shape index (κ2) is 13.8. The van der Waals surface area contributed by atoms with Gasteiger partial charge in [0.15, 0.2) is 0 Å². The number of aromatic amines is 1. The van der Waals surface area contributed by atoms with E-state index in [2.05, 4.69) is 51.7 Å². The van der Waals surface area contributed by atoms with Crippen LogP contribution in [-0.4, -0.2) is 38.3 Å². The zero-order chi connectivity index (χ0) is 27.0. The lowest BCUT2D eigenvalue weighted by atomic mass is 9.84. The maximum absolute atomic E-state index is 13.1. The van der Waals surface area contributed by atoms with E-state index in [1.807, 2.05) is 54.6 Å². The van der Waals surface area contributed by atoms with Gasteiger partial charge >= 0.3 is 0 Å². The predicted molar refractivity (Wildman–Crippen MR) is 164 cm³/mol. The molecular weight excluding hydrogens is 548 g/mol. The summed E-state index contributed by atoms with van der Waals surface area (Å²) in [5.41, 5.74) is 9.65. The summed E-state index contributed by atoms with van der Waals surface area (Å²) in [5.74, 6) is 0.737. The van der Waals surface area contributed by atoms with E-state index in [9.17, 15) is 9.59 Å². The topological polar surface area (TPSA) is 101 Å². The highest BCUT2D eigenvalue weighted by atomic mass is 35.5. The third-order valence-electron chi connectivity index (χ3n) is 6.27. The molecule has 0 saturated carbocycles. The smallest absolute Gasteiger partial charge is 0.244 e. The van der Waals surface area contributed by atoms with Crippen LogP contribution in [0.15, 0.2) is 103 Å². The van der Waals surface area contributed by atoms with Gasteiger partial charge < -0.3 is 10.7 Å². The van der Waals surface area contributed by atoms with Crippen LogP contribution < -0.4 is 11.1 Å². The van der Waals surface area contributed by atoms with Gasteiger partial charge in [-0.05, 0) is 30.5 Å². The number of imidazole rings is 1. The van der Waals surface area contributed by atoms with E-state index in [0.29, 0.717) is 11.5 Å². The Labute approximate surface area is 244 Å². The number of H-pyrrole nitrogens is 1. The molecule has 39 heavy (non-hydrogen) atoms. The van der Waals surface area contributed by atoms with Crippen molar-refractivity contribution in [2.24, 2.45) is 5.73 Å². The van der Waals surface area contributed by atoms with Gasteiger partial charge in [0.2, 0.25) is 11.8 Å². The maximum atomic E-state index is 13.1. The summed E-state index contributed by atoms with van der Waals surface area (Å²) >= 11 is 3.00. The molecule has 0 radical (unpaired) electrons. The highest BCUT2D eigenvalue weighted by molar-refractivity contribution is 8.00. The first-order chi connectivity index (χ1) is 18.3. The van der Waals surface area contributed by atoms with Crippen molar-refractivity contribution in [2.75, 3.05) is 5.75 Å². The second-order valence-electron chi connectivity index (χ2n) is 9.35. The lowest BCUT2D eigenvalue weighted by molar-refractivity contribution is -0.131. The van der Waals surface area contributed by atoms with Crippen LogP contribution in [0.2, 0.25) is 0 Å². The predicted octanol–water partition coefficient (Wildman–Crippen LogP) is 5.54. The number of amides is 2. The fourth-order valence-corrected chi connectivity index (χ4v) is 6.43. The number of benzene rings is 3. The molecule has 3 aromatic carbocycles. The Hall–Kier alpha value is -3.04. The molecule has 204 valence electrons. The highest BCUT2D eigenvalue weighted by Gasteiger charge is 2.38. The number of thioether (sulfide) groups is 2. The van der Waals surface area contributed by atoms with Crippen molar-refractivity contribution in [3.05, 3.63) is 126 Å². The van der Waals surface area contributed by atoms with Gasteiger partial charge in [0, 0.05) is 18.1 Å². The van der Waals surface area contributed by atoms with Gasteiger partial charge in [0.05, 0.1) is 21.3 Å². The SMILES string of the molecule is CC(C)(SCc1ncc[nH]1)C(=O)NC(=O)[C@@H](N)CSC(c1ccccc1)(c1ccccc1)c1ccccc1.Cl. The van der Waals surface area contributed by atoms with E-state index in [-0.39, 0.29) is 18.3 Å². The molecule has 0 spiro atoms. The molecule has 0 bridgehead atoms. The molecule has 9 heteroatoms. The highest BCUT2D eigenvalue weighted by Crippen LogP contribution is 2.48. The molecule has 2 amide bonds. The fraction of sp³-hybridized carbons (Fsp3) is 0.233. The number of rotatable bonds is 11. The number of nitrogens with one attached hydrogen (secondary N) is 2. The molecule has 0 fully saturated rings. The molecule has 1 aromatic heterocycles. The number of imide groups is 1. The molecule has 4 N–H and O–H groups in total. The molecule has 0 aliphatic carbocycles. The van der Waals surface area contributed by atoms with Crippen molar-refractivity contribution in [3.8, 4) is 0 Å². The summed E-state index contributed by atoms with van der Waals surface area (Å²) in [6, 6.07) is 29.8. The quantitative estimate of drug-likeness (QED) is 0.201. The van der Waals surface area contributed by atoms with E-state index >= 15 is 0 Å². The second-order valence-corrected chi connectivity index (χ2v) is 12.2. The van der Waals surface area contributed by atoms with Gasteiger partial charge in [0.25, 0.3) is 0 Å². The number of hydrogen-bond donors (Lipinski definition) is 3. The van der Waals surface area contributed by atoms with Gasteiger partial charge in [-0.3, -0.25) is 14.9 Å². The van der Waals surface area contributed by atoms with Crippen LogP contribution in [0.4, 0.5) is 0 Å². The molecule has 0 unspecified atom stereocenters. The van der Waals surface area contributed by atoms with Crippen LogP contribution in [0.1, 0.15) is 36.4 Å². The van der Waals surface area contributed by atoms with Gasteiger partial charge in [-0.1, -0.05) is 91.0 Å². The number of halogens is 1. The summed E-state index contributed by atoms with van der Waals surface area (Å²) in [7, 11) is 0. The number of carbonyl (C=O) groups excluding carboxylic acids is 2. The zero-order valence-electron chi connectivity index (χ0n) is 21.9. The lowest BCUT2D eigenvalue weighted by Gasteiger charge is -2.36. The number of nitrogens with two attached hydrogens (primary N) is 1. The van der Waals surface area contributed by atoms with Crippen LogP contribution in [0.3, 0.4) is 0 Å². The first kappa shape index (κ1) is 30.5. The molecule has 0 aliphatic rings. The summed E-state index contributed by atoms with van der Waals surface area (Å²) < 4.78 is -1.43. The van der Waals surface area contributed by atoms with Crippen molar-refractivity contribution < 1.29 is 9.59 Å². The number of nitrogens with zero attached hydrogens (tertiary/aromatic N) is 1. The molecule has 0 aliphatic heterocycles. The third-order valence-corrected chi connectivity index (χ3v) is 9.26. The largest absolute Gasteiger partial charge is 0.348 e. The van der Waals surface area contributed by atoms with Crippen molar-refractivity contribution in [1.82, 2.24) is 15.3 Å². The standard InChI is InChI=1S/C30H32N4O2S2.ClH/c1-29(2,37-21-26-32-18-19-33-26)28(36)34-27(35)25(31)20-38-30(22-12-6-3-7-13-22,23-14-8-4-9-15-23)24-16-10-5-11-17-24;/h3-19,25H,20-21,31H2,1-2H3,(H,32,33)(H,34,35,36);1H/t25-;/m0./s1. The van der Waals surface area contributed by atoms with Gasteiger partial charge in [-0.2, -0.15) is 0 Å². The molecular formula is C30H33ClN4O2S2. The van der Waals surface area contributed by atoms with Gasteiger partial charge in [0.1, 0.15) is 5.82 Å². The number of carbonyl (C=O) groups is 2. The number of aromatic nitrogens is 2. The van der Waals surface area contributed by atoms with Crippen molar-refractivity contribution in [3.63, 3.8) is 0 Å². The Balaban J connectivity index is 0.00000420. The summed E-state index contributed by atoms with van der Waals surface area (Å²) in [4.78, 5) is 33.2. The van der Waals surface area contributed by atoms with Crippen LogP contribution >= 0.6 is 35.9 Å². The molecule has 4 aromatic rings. The van der Waals surface area contributed by atoms with Gasteiger partial charge in [-0.25, -0.2) is 4.98 Å². The Morgan fingerprint density at radius 1 is 0.872 bits per heavy atom. The average molecular weight is 581 g/mol. The van der Waals surface area contributed by atoms with E-state index in [1.54, 1.807) is 38.0 Å². The van der Waals surface area contributed by atoms with Crippen LogP contribution in [-0.2, 0) is 20.1 Å². The molecule has 0 saturated heterocycles. The summed E-state index contributed by atoms with van der Waals surface area (Å²) in [5, 5.41) is 2.54. The van der Waals surface area contributed by atoms with E-state index < -0.39 is 21.4 Å². The van der Waals surface area contributed by atoms with Crippen LogP contribution in [0.5, 0.6) is 0 Å². The van der Waals surface area contributed by atoms with E-state index in [0.717, 1.165) is 22.5 Å². The van der Waals surface area contributed by atoms with Gasteiger partial charge in [-0.15, -0.1) is 35.9 Å². The van der Waals surface area contributed by atoms with Crippen molar-refractivity contribution in [2.45, 2.75) is 35.1 Å². The van der Waals surface area contributed by atoms with Crippen LogP contribution in [0.25, 0.3) is 0 Å². The molecule has 1 heterocycles. The minimum absolute atomic E-state index is 0. The first-order valence-corrected chi connectivity index (χ1v) is 14.3. The summed E-state index contributed by atoms with van der Waals surface area (Å²) in [6.45, 7) is 3.57. The molecule has 6 nitrogen and oxygen atoms in total. The molecule has 4 rings (SSSR count). The number of hydrogen-bond acceptors (Lipinski definition) is 6. The Bertz CT molecular complexity index is 1220. The Kier molecular flexibility index (Phi) is 10.8. The van der Waals surface area contributed by atoms with E-state index in [1.165, 1.54) is 11.8 Å². The zero-order valence-corrected chi connectivity index (χ0v) is 24.3.